The summed E-state index contributed by atoms with van der Waals surface area (Å²) >= 11 is 0. The van der Waals surface area contributed by atoms with Crippen LogP contribution in [0.3, 0.4) is 0 Å². The summed E-state index contributed by atoms with van der Waals surface area (Å²) in [6, 6.07) is -4.35. The van der Waals surface area contributed by atoms with Crippen molar-refractivity contribution in [1.82, 2.24) is 16.0 Å². The van der Waals surface area contributed by atoms with E-state index in [9.17, 15) is 48.6 Å². The molecule has 0 radical (unpaired) electrons. The second kappa shape index (κ2) is 16.6. The average molecular weight is 532 g/mol. The molecule has 0 aliphatic carbocycles. The van der Waals surface area contributed by atoms with Gasteiger partial charge < -0.3 is 41.2 Å². The molecular weight excluding hydrogens is 498 g/mol. The minimum atomic E-state index is -1.53. The molecule has 0 aliphatic heterocycles. The quantitative estimate of drug-likeness (QED) is 0.107. The summed E-state index contributed by atoms with van der Waals surface area (Å²) in [6.45, 7) is 2.65. The van der Waals surface area contributed by atoms with Crippen molar-refractivity contribution in [1.29, 1.82) is 0 Å². The molecule has 0 bridgehead atoms. The number of carbonyl (C=O) groups excluding carboxylic acids is 4. The summed E-state index contributed by atoms with van der Waals surface area (Å²) in [7, 11) is 0. The van der Waals surface area contributed by atoms with E-state index in [1.807, 2.05) is 0 Å². The van der Waals surface area contributed by atoms with Crippen LogP contribution < -0.4 is 16.0 Å². The van der Waals surface area contributed by atoms with Crippen molar-refractivity contribution in [2.24, 2.45) is 5.92 Å². The fraction of sp³-hybridized carbons (Fsp3) is 0.636. The smallest absolute Gasteiger partial charge is 0.326 e. The van der Waals surface area contributed by atoms with Gasteiger partial charge in [-0.2, -0.15) is 0 Å². The molecule has 37 heavy (non-hydrogen) atoms. The van der Waals surface area contributed by atoms with Gasteiger partial charge in [0.1, 0.15) is 23.9 Å². The van der Waals surface area contributed by atoms with Crippen LogP contribution >= 0.6 is 0 Å². The molecule has 0 spiro atoms. The first-order valence-corrected chi connectivity index (χ1v) is 11.4. The number of aliphatic carboxylic acids is 4. The van der Waals surface area contributed by atoms with Gasteiger partial charge in [-0.3, -0.25) is 19.2 Å². The van der Waals surface area contributed by atoms with Crippen LogP contribution in [0.5, 0.6) is 0 Å². The Balaban J connectivity index is 4.78. The van der Waals surface area contributed by atoms with Crippen molar-refractivity contribution in [3.8, 4) is 0 Å². The molecule has 208 valence electrons. The van der Waals surface area contributed by atoms with Crippen molar-refractivity contribution >= 4 is 47.4 Å². The molecule has 15 nitrogen and oxygen atoms in total. The number of carbonyl (C=O) groups is 8. The largest absolute Gasteiger partial charge is 0.481 e. The standard InChI is InChI=1S/C22H33N3O12/c1-11(19(30)31)3-8-16(27)24-14(21(34)35)6-10-18(29)25-15(22(36)37)7-9-17(28)23-13(20(32)33)5-4-12(2)26/h11,13-15H,3-10H2,1-2H3,(H,23,28)(H,24,27)(H,25,29)(H,30,31)(H,32,33)(H,34,35)(H,36,37)/t11-,13-,14-,15-/m0/s1. The first-order chi connectivity index (χ1) is 17.1. The monoisotopic (exact) mass is 531 g/mol. The lowest BCUT2D eigenvalue weighted by atomic mass is 10.1. The molecule has 0 heterocycles. The number of carboxylic acid groups (broad SMARTS) is 4. The van der Waals surface area contributed by atoms with Crippen LogP contribution in [0.25, 0.3) is 0 Å². The van der Waals surface area contributed by atoms with Crippen LogP contribution in [0, 0.1) is 5.92 Å². The molecule has 0 rings (SSSR count). The van der Waals surface area contributed by atoms with E-state index in [1.54, 1.807) is 0 Å². The number of carboxylic acids is 4. The van der Waals surface area contributed by atoms with Gasteiger partial charge in [0.25, 0.3) is 0 Å². The fourth-order valence-electron chi connectivity index (χ4n) is 2.94. The second-order valence-electron chi connectivity index (χ2n) is 8.47. The van der Waals surface area contributed by atoms with Gasteiger partial charge in [-0.1, -0.05) is 6.92 Å². The first kappa shape index (κ1) is 33.0. The molecule has 0 aromatic heterocycles. The van der Waals surface area contributed by atoms with Gasteiger partial charge in [0.15, 0.2) is 0 Å². The van der Waals surface area contributed by atoms with E-state index in [2.05, 4.69) is 16.0 Å². The number of rotatable bonds is 19. The molecule has 3 amide bonds. The van der Waals surface area contributed by atoms with E-state index < -0.39 is 84.9 Å². The zero-order valence-corrected chi connectivity index (χ0v) is 20.5. The van der Waals surface area contributed by atoms with Gasteiger partial charge in [-0.05, 0) is 32.6 Å². The number of amides is 3. The van der Waals surface area contributed by atoms with Gasteiger partial charge in [0.05, 0.1) is 5.92 Å². The summed E-state index contributed by atoms with van der Waals surface area (Å²) in [5.74, 6) is -8.89. The average Bonchev–Trinajstić information content (AvgIpc) is 2.79. The molecule has 0 saturated carbocycles. The first-order valence-electron chi connectivity index (χ1n) is 11.4. The summed E-state index contributed by atoms with van der Waals surface area (Å²) < 4.78 is 0. The maximum Gasteiger partial charge on any atom is 0.326 e. The second-order valence-corrected chi connectivity index (χ2v) is 8.47. The highest BCUT2D eigenvalue weighted by Crippen LogP contribution is 2.07. The van der Waals surface area contributed by atoms with Gasteiger partial charge in [-0.15, -0.1) is 0 Å². The number of Topliss-reactive ketones (excluding diaryl/α,β-unsaturated/α-hetero) is 1. The Hall–Kier alpha value is -4.04. The van der Waals surface area contributed by atoms with Gasteiger partial charge in [-0.25, -0.2) is 14.4 Å². The maximum absolute atomic E-state index is 12.2. The summed E-state index contributed by atoms with van der Waals surface area (Å²) in [4.78, 5) is 92.0. The molecule has 4 atom stereocenters. The molecule has 0 unspecified atom stereocenters. The third-order valence-corrected chi connectivity index (χ3v) is 5.23. The minimum Gasteiger partial charge on any atom is -0.481 e. The van der Waals surface area contributed by atoms with Crippen molar-refractivity contribution in [2.45, 2.75) is 83.3 Å². The van der Waals surface area contributed by atoms with E-state index >= 15 is 0 Å². The lowest BCUT2D eigenvalue weighted by molar-refractivity contribution is -0.144. The number of nitrogens with one attached hydrogen (secondary N) is 3. The summed E-state index contributed by atoms with van der Waals surface area (Å²) in [5.41, 5.74) is 0. The lowest BCUT2D eigenvalue weighted by Gasteiger charge is -2.18. The van der Waals surface area contributed by atoms with Crippen molar-refractivity contribution < 1.29 is 58.8 Å². The zero-order valence-electron chi connectivity index (χ0n) is 20.5. The molecule has 15 heteroatoms. The normalized spacial score (nSPS) is 13.8. The molecule has 7 N–H and O–H groups in total. The third kappa shape index (κ3) is 14.8. The summed E-state index contributed by atoms with van der Waals surface area (Å²) in [5, 5.41) is 43.0. The Bertz CT molecular complexity index is 888. The van der Waals surface area contributed by atoms with Crippen LogP contribution in [0.4, 0.5) is 0 Å². The van der Waals surface area contributed by atoms with Crippen molar-refractivity contribution in [2.75, 3.05) is 0 Å². The SMILES string of the molecule is CC(=O)CC[C@H](NC(=O)CC[C@H](NC(=O)CC[C@H](NC(=O)CC[C@H](C)C(=O)O)C(=O)O)C(=O)O)C(=O)O. The van der Waals surface area contributed by atoms with E-state index in [1.165, 1.54) is 13.8 Å². The highest BCUT2D eigenvalue weighted by Gasteiger charge is 2.26. The highest BCUT2D eigenvalue weighted by molar-refractivity contribution is 5.87. The molecular formula is C22H33N3O12. The van der Waals surface area contributed by atoms with E-state index in [-0.39, 0.29) is 37.9 Å². The van der Waals surface area contributed by atoms with Crippen LogP contribution in [-0.4, -0.2) is 85.9 Å². The minimum absolute atomic E-state index is 0.0220. The Morgan fingerprint density at radius 1 is 0.514 bits per heavy atom. The van der Waals surface area contributed by atoms with Gasteiger partial charge >= 0.3 is 23.9 Å². The summed E-state index contributed by atoms with van der Waals surface area (Å²) in [6.07, 6.45) is -2.21. The predicted octanol–water partition coefficient (Wildman–Crippen LogP) is -0.875. The Kier molecular flexibility index (Phi) is 14.8. The van der Waals surface area contributed by atoms with Gasteiger partial charge in [0.2, 0.25) is 17.7 Å². The number of ketones is 1. The van der Waals surface area contributed by atoms with Crippen LogP contribution in [-0.2, 0) is 38.4 Å². The topological polar surface area (TPSA) is 254 Å². The Morgan fingerprint density at radius 3 is 1.08 bits per heavy atom. The van der Waals surface area contributed by atoms with Crippen molar-refractivity contribution in [3.05, 3.63) is 0 Å². The molecule has 0 saturated heterocycles. The van der Waals surface area contributed by atoms with Crippen LogP contribution in [0.2, 0.25) is 0 Å². The molecule has 0 aliphatic rings. The predicted molar refractivity (Wildman–Crippen MR) is 123 cm³/mol. The Morgan fingerprint density at radius 2 is 0.811 bits per heavy atom. The fourth-order valence-corrected chi connectivity index (χ4v) is 2.94. The third-order valence-electron chi connectivity index (χ3n) is 5.23. The molecule has 0 aromatic carbocycles. The van der Waals surface area contributed by atoms with E-state index in [0.29, 0.717) is 0 Å². The lowest BCUT2D eigenvalue weighted by Crippen LogP contribution is -2.45. The number of hydrogen-bond acceptors (Lipinski definition) is 8. The van der Waals surface area contributed by atoms with Crippen molar-refractivity contribution in [3.63, 3.8) is 0 Å². The number of hydrogen-bond donors (Lipinski definition) is 7. The van der Waals surface area contributed by atoms with Gasteiger partial charge in [0, 0.05) is 25.7 Å². The van der Waals surface area contributed by atoms with E-state index in [0.717, 1.165) is 0 Å². The zero-order chi connectivity index (χ0) is 28.7. The maximum atomic E-state index is 12.2. The molecule has 0 aromatic rings. The van der Waals surface area contributed by atoms with Crippen LogP contribution in [0.15, 0.2) is 0 Å². The van der Waals surface area contributed by atoms with Crippen LogP contribution in [0.1, 0.15) is 65.2 Å². The highest BCUT2D eigenvalue weighted by atomic mass is 16.4. The Labute approximate surface area is 212 Å². The van der Waals surface area contributed by atoms with E-state index in [4.69, 9.17) is 10.2 Å². The molecule has 0 fully saturated rings.